The zero-order valence-corrected chi connectivity index (χ0v) is 18.8. The van der Waals surface area contributed by atoms with Crippen molar-refractivity contribution < 1.29 is 33.0 Å². The Morgan fingerprint density at radius 2 is 1.59 bits per heavy atom. The van der Waals surface area contributed by atoms with E-state index in [4.69, 9.17) is 9.84 Å². The third kappa shape index (κ3) is 4.34. The van der Waals surface area contributed by atoms with Crippen LogP contribution in [0.2, 0.25) is 0 Å². The molecular formula is C25H26F2N2O5. The highest BCUT2D eigenvalue weighted by Crippen LogP contribution is 2.55. The van der Waals surface area contributed by atoms with Crippen LogP contribution in [0.25, 0.3) is 11.1 Å². The van der Waals surface area contributed by atoms with Gasteiger partial charge in [-0.2, -0.15) is 0 Å². The topological polar surface area (TPSA) is 105 Å². The number of amides is 2. The number of carboxylic acids is 1. The second-order valence-corrected chi connectivity index (χ2v) is 9.03. The molecule has 4 rings (SSSR count). The number of carbonyl (C=O) groups is 3. The molecule has 34 heavy (non-hydrogen) atoms. The maximum Gasteiger partial charge on any atom is 0.407 e. The van der Waals surface area contributed by atoms with E-state index >= 15 is 0 Å². The highest BCUT2D eigenvalue weighted by molar-refractivity contribution is 5.88. The summed E-state index contributed by atoms with van der Waals surface area (Å²) in [5, 5.41) is 13.7. The summed E-state index contributed by atoms with van der Waals surface area (Å²) < 4.78 is 33.7. The fraction of sp³-hybridized carbons (Fsp3) is 0.400. The van der Waals surface area contributed by atoms with Gasteiger partial charge in [0.25, 0.3) is 5.92 Å². The van der Waals surface area contributed by atoms with Gasteiger partial charge in [0.2, 0.25) is 5.91 Å². The van der Waals surface area contributed by atoms with Crippen LogP contribution in [0, 0.1) is 17.8 Å². The van der Waals surface area contributed by atoms with Crippen molar-refractivity contribution in [2.45, 2.75) is 31.7 Å². The van der Waals surface area contributed by atoms with Crippen molar-refractivity contribution in [2.75, 3.05) is 13.2 Å². The molecule has 0 aliphatic heterocycles. The summed E-state index contributed by atoms with van der Waals surface area (Å²) in [4.78, 5) is 35.7. The second kappa shape index (κ2) is 9.04. The summed E-state index contributed by atoms with van der Waals surface area (Å²) >= 11 is 0. The van der Waals surface area contributed by atoms with Gasteiger partial charge >= 0.3 is 12.1 Å². The SMILES string of the molecule is CC(C)[C@H](NC(=O)C1C(CNC(=O)OCC2c3ccccc3-c3ccccc32)C1(F)F)C(=O)O. The average Bonchev–Trinajstić information content (AvgIpc) is 3.20. The van der Waals surface area contributed by atoms with Crippen molar-refractivity contribution in [3.63, 3.8) is 0 Å². The molecule has 180 valence electrons. The molecule has 3 N–H and O–H groups in total. The second-order valence-electron chi connectivity index (χ2n) is 9.03. The highest BCUT2D eigenvalue weighted by Gasteiger charge is 2.71. The summed E-state index contributed by atoms with van der Waals surface area (Å²) in [6, 6.07) is 14.4. The number of alkyl halides is 2. The third-order valence-electron chi connectivity index (χ3n) is 6.53. The quantitative estimate of drug-likeness (QED) is 0.544. The summed E-state index contributed by atoms with van der Waals surface area (Å²) in [5.74, 6) is -9.40. The lowest BCUT2D eigenvalue weighted by molar-refractivity contribution is -0.143. The Morgan fingerprint density at radius 3 is 2.12 bits per heavy atom. The number of alkyl carbamates (subject to hydrolysis) is 1. The third-order valence-corrected chi connectivity index (χ3v) is 6.53. The monoisotopic (exact) mass is 472 g/mol. The minimum atomic E-state index is -3.33. The van der Waals surface area contributed by atoms with Gasteiger partial charge in [-0.1, -0.05) is 62.4 Å². The number of halogens is 2. The lowest BCUT2D eigenvalue weighted by Gasteiger charge is -2.17. The first-order valence-electron chi connectivity index (χ1n) is 11.1. The molecule has 2 aromatic rings. The van der Waals surface area contributed by atoms with Gasteiger partial charge in [0.1, 0.15) is 18.6 Å². The number of carboxylic acid groups (broad SMARTS) is 1. The molecule has 1 saturated carbocycles. The molecule has 0 radical (unpaired) electrons. The first-order valence-corrected chi connectivity index (χ1v) is 11.1. The number of ether oxygens (including phenoxy) is 1. The molecule has 0 aromatic heterocycles. The predicted molar refractivity (Wildman–Crippen MR) is 119 cm³/mol. The van der Waals surface area contributed by atoms with Crippen LogP contribution >= 0.6 is 0 Å². The van der Waals surface area contributed by atoms with Crippen LogP contribution in [-0.4, -0.2) is 48.2 Å². The minimum absolute atomic E-state index is 0.0412. The minimum Gasteiger partial charge on any atom is -0.480 e. The Morgan fingerprint density at radius 1 is 1.03 bits per heavy atom. The Kier molecular flexibility index (Phi) is 6.29. The van der Waals surface area contributed by atoms with Gasteiger partial charge in [-0.05, 0) is 28.2 Å². The molecule has 2 aromatic carbocycles. The zero-order valence-electron chi connectivity index (χ0n) is 18.8. The molecule has 0 heterocycles. The average molecular weight is 472 g/mol. The predicted octanol–water partition coefficient (Wildman–Crippen LogP) is 3.63. The molecule has 2 aliphatic rings. The molecule has 2 unspecified atom stereocenters. The normalized spacial score (nSPS) is 20.7. The fourth-order valence-corrected chi connectivity index (χ4v) is 4.60. The molecular weight excluding hydrogens is 446 g/mol. The Balaban J connectivity index is 1.32. The highest BCUT2D eigenvalue weighted by atomic mass is 19.3. The van der Waals surface area contributed by atoms with E-state index in [1.54, 1.807) is 13.8 Å². The Labute approximate surface area is 195 Å². The van der Waals surface area contributed by atoms with Crippen LogP contribution in [0.1, 0.15) is 30.9 Å². The number of hydrogen-bond acceptors (Lipinski definition) is 4. The fourth-order valence-electron chi connectivity index (χ4n) is 4.60. The molecule has 7 nitrogen and oxygen atoms in total. The van der Waals surface area contributed by atoms with Gasteiger partial charge in [-0.25, -0.2) is 18.4 Å². The molecule has 2 aliphatic carbocycles. The molecule has 2 amide bonds. The van der Waals surface area contributed by atoms with E-state index in [0.29, 0.717) is 0 Å². The van der Waals surface area contributed by atoms with Crippen molar-refractivity contribution in [3.05, 3.63) is 59.7 Å². The number of hydrogen-bond donors (Lipinski definition) is 3. The van der Waals surface area contributed by atoms with E-state index < -0.39 is 54.2 Å². The van der Waals surface area contributed by atoms with E-state index in [0.717, 1.165) is 22.3 Å². The van der Waals surface area contributed by atoms with Crippen LogP contribution in [0.5, 0.6) is 0 Å². The number of aliphatic carboxylic acids is 1. The van der Waals surface area contributed by atoms with Crippen LogP contribution < -0.4 is 10.6 Å². The van der Waals surface area contributed by atoms with Crippen molar-refractivity contribution in [2.24, 2.45) is 17.8 Å². The van der Waals surface area contributed by atoms with Crippen molar-refractivity contribution >= 4 is 18.0 Å². The lowest BCUT2D eigenvalue weighted by Crippen LogP contribution is -2.45. The summed E-state index contributed by atoms with van der Waals surface area (Å²) in [6.07, 6.45) is -0.852. The van der Waals surface area contributed by atoms with E-state index in [1.807, 2.05) is 48.5 Å². The molecule has 0 bridgehead atoms. The Hall–Kier alpha value is -3.49. The van der Waals surface area contributed by atoms with Crippen molar-refractivity contribution in [1.29, 1.82) is 0 Å². The van der Waals surface area contributed by atoms with Gasteiger partial charge in [0.15, 0.2) is 0 Å². The van der Waals surface area contributed by atoms with Gasteiger partial charge in [0.05, 0.1) is 5.92 Å². The maximum absolute atomic E-state index is 14.2. The van der Waals surface area contributed by atoms with Crippen molar-refractivity contribution in [1.82, 2.24) is 10.6 Å². The molecule has 0 saturated heterocycles. The summed E-state index contributed by atoms with van der Waals surface area (Å²) in [6.45, 7) is 2.72. The number of fused-ring (bicyclic) bond motifs is 3. The molecule has 9 heteroatoms. The molecule has 1 fully saturated rings. The van der Waals surface area contributed by atoms with E-state index in [2.05, 4.69) is 10.6 Å². The van der Waals surface area contributed by atoms with Gasteiger partial charge in [-0.15, -0.1) is 0 Å². The number of carbonyl (C=O) groups excluding carboxylic acids is 2. The first-order chi connectivity index (χ1) is 16.1. The van der Waals surface area contributed by atoms with Gasteiger partial charge < -0.3 is 20.5 Å². The maximum atomic E-state index is 14.2. The number of benzene rings is 2. The van der Waals surface area contributed by atoms with E-state index in [1.165, 1.54) is 0 Å². The smallest absolute Gasteiger partial charge is 0.407 e. The zero-order chi connectivity index (χ0) is 24.6. The lowest BCUT2D eigenvalue weighted by atomic mass is 9.98. The van der Waals surface area contributed by atoms with Crippen molar-refractivity contribution in [3.8, 4) is 11.1 Å². The van der Waals surface area contributed by atoms with E-state index in [-0.39, 0.29) is 12.5 Å². The Bertz CT molecular complexity index is 1070. The van der Waals surface area contributed by atoms with Crippen LogP contribution in [0.4, 0.5) is 13.6 Å². The standard InChI is InChI=1S/C25H26F2N2O5/c1-13(2)21(23(31)32)29-22(30)20-19(25(20,26)27)11-28-24(33)34-12-18-16-9-5-3-7-14(16)15-8-4-6-10-17(15)18/h3-10,13,18-21H,11-12H2,1-2H3,(H,28,33)(H,29,30)(H,31,32)/t19?,20?,21-/m0/s1. The molecule has 0 spiro atoms. The number of rotatable bonds is 8. The van der Waals surface area contributed by atoms with Gasteiger partial charge in [0, 0.05) is 12.5 Å². The summed E-state index contributed by atoms with van der Waals surface area (Å²) in [5.41, 5.74) is 4.19. The van der Waals surface area contributed by atoms with Crippen LogP contribution in [0.3, 0.4) is 0 Å². The van der Waals surface area contributed by atoms with Crippen LogP contribution in [0.15, 0.2) is 48.5 Å². The van der Waals surface area contributed by atoms with Crippen LogP contribution in [-0.2, 0) is 14.3 Å². The number of nitrogens with one attached hydrogen (secondary N) is 2. The van der Waals surface area contributed by atoms with E-state index in [9.17, 15) is 23.2 Å². The summed E-state index contributed by atoms with van der Waals surface area (Å²) in [7, 11) is 0. The molecule has 3 atom stereocenters. The largest absolute Gasteiger partial charge is 0.480 e. The van der Waals surface area contributed by atoms with Gasteiger partial charge in [-0.3, -0.25) is 4.79 Å². The first kappa shape index (κ1) is 23.7.